The molecular weight excluding hydrogens is 571 g/mol. The minimum atomic E-state index is -4.63. The van der Waals surface area contributed by atoms with Gasteiger partial charge in [0.1, 0.15) is 22.5 Å². The van der Waals surface area contributed by atoms with E-state index in [1.165, 1.54) is 23.8 Å². The molecule has 0 spiro atoms. The second-order valence-electron chi connectivity index (χ2n) is 6.56. The van der Waals surface area contributed by atoms with Gasteiger partial charge in [-0.05, 0) is 40.6 Å². The molecule has 0 aliphatic carbocycles. The van der Waals surface area contributed by atoms with Crippen molar-refractivity contribution in [3.05, 3.63) is 35.7 Å². The molecule has 7 nitrogen and oxygen atoms in total. The summed E-state index contributed by atoms with van der Waals surface area (Å²) in [7, 11) is 1.18. The van der Waals surface area contributed by atoms with Crippen LogP contribution in [0.2, 0.25) is 0 Å². The summed E-state index contributed by atoms with van der Waals surface area (Å²) < 4.78 is 79.1. The van der Waals surface area contributed by atoms with Crippen LogP contribution in [0.4, 0.5) is 22.0 Å². The highest BCUT2D eigenvalue weighted by atomic mass is 127. The zero-order chi connectivity index (χ0) is 23.2. The number of alkyl halides is 3. The fourth-order valence-electron chi connectivity index (χ4n) is 3.22. The Hall–Kier alpha value is -2.41. The van der Waals surface area contributed by atoms with Crippen LogP contribution in [-0.2, 0) is 0 Å². The van der Waals surface area contributed by atoms with Crippen LogP contribution in [0.5, 0.6) is 11.9 Å². The van der Waals surface area contributed by atoms with Crippen molar-refractivity contribution in [2.75, 3.05) is 13.7 Å². The van der Waals surface area contributed by atoms with Crippen LogP contribution < -0.4 is 9.47 Å². The highest BCUT2D eigenvalue weighted by molar-refractivity contribution is 14.2. The summed E-state index contributed by atoms with van der Waals surface area (Å²) in [4.78, 5) is 11.8. The van der Waals surface area contributed by atoms with E-state index in [4.69, 9.17) is 9.47 Å². The minimum Gasteiger partial charge on any atom is -0.467 e. The molecule has 0 saturated carbocycles. The van der Waals surface area contributed by atoms with Gasteiger partial charge in [-0.25, -0.2) is 13.2 Å². The third kappa shape index (κ3) is 4.03. The molecule has 0 radical (unpaired) electrons. The Bertz CT molecular complexity index is 1350. The summed E-state index contributed by atoms with van der Waals surface area (Å²) in [5.41, 5.74) is 0.357. The Morgan fingerprint density at radius 1 is 1.16 bits per heavy atom. The highest BCUT2D eigenvalue weighted by Crippen LogP contribution is 2.39. The van der Waals surface area contributed by atoms with E-state index in [0.717, 1.165) is 6.20 Å². The maximum absolute atomic E-state index is 15.6. The normalized spacial score (nSPS) is 12.4. The molecule has 0 bridgehead atoms. The highest BCUT2D eigenvalue weighted by Gasteiger charge is 2.30. The van der Waals surface area contributed by atoms with Crippen LogP contribution >= 0.6 is 28.4 Å². The summed E-state index contributed by atoms with van der Waals surface area (Å²) >= 11 is 2.04. The monoisotopic (exact) mass is 583 g/mol. The van der Waals surface area contributed by atoms with Crippen molar-refractivity contribution < 1.29 is 31.4 Å². The number of hydrogen-bond acceptors (Lipinski definition) is 6. The number of ether oxygens (including phenoxy) is 2. The summed E-state index contributed by atoms with van der Waals surface area (Å²) in [6, 6.07) is 0.863. The zero-order valence-corrected chi connectivity index (χ0v) is 19.4. The van der Waals surface area contributed by atoms with Gasteiger partial charge in [0, 0.05) is 17.1 Å². The van der Waals surface area contributed by atoms with Crippen molar-refractivity contribution in [2.45, 2.75) is 13.1 Å². The van der Waals surface area contributed by atoms with Crippen LogP contribution in [0.3, 0.4) is 0 Å². The van der Waals surface area contributed by atoms with E-state index in [2.05, 4.69) is 20.1 Å². The van der Waals surface area contributed by atoms with Gasteiger partial charge in [-0.3, -0.25) is 4.98 Å². The van der Waals surface area contributed by atoms with Gasteiger partial charge in [-0.1, -0.05) is 0 Å². The average molecular weight is 583 g/mol. The average Bonchev–Trinajstić information content (AvgIpc) is 3.17. The van der Waals surface area contributed by atoms with Crippen LogP contribution in [0.15, 0.2) is 18.5 Å². The first-order valence-corrected chi connectivity index (χ1v) is 12.8. The molecule has 0 aliphatic rings. The molecule has 1 atom stereocenters. The fraction of sp³-hybridized carbons (Fsp3) is 0.222. The number of methoxy groups -OCH3 is 1. The van der Waals surface area contributed by atoms with Gasteiger partial charge < -0.3 is 9.47 Å². The molecule has 32 heavy (non-hydrogen) atoms. The smallest absolute Gasteiger partial charge is 0.422 e. The number of pyridine rings is 1. The van der Waals surface area contributed by atoms with Crippen LogP contribution in [0, 0.1) is 18.6 Å². The molecular formula is C18H12F5IN5O2P. The van der Waals surface area contributed by atoms with E-state index in [0.29, 0.717) is 10.9 Å². The lowest BCUT2D eigenvalue weighted by Gasteiger charge is -2.14. The van der Waals surface area contributed by atoms with Crippen molar-refractivity contribution in [3.63, 3.8) is 0 Å². The Kier molecular flexibility index (Phi) is 6.05. The predicted molar refractivity (Wildman–Crippen MR) is 117 cm³/mol. The molecule has 0 fully saturated rings. The van der Waals surface area contributed by atoms with Gasteiger partial charge in [0.05, 0.1) is 25.1 Å². The van der Waals surface area contributed by atoms with E-state index in [-0.39, 0.29) is 40.1 Å². The molecule has 168 valence electrons. The van der Waals surface area contributed by atoms with E-state index in [1.54, 1.807) is 6.92 Å². The fourth-order valence-corrected chi connectivity index (χ4v) is 4.73. The van der Waals surface area contributed by atoms with Crippen LogP contribution in [-0.4, -0.2) is 44.4 Å². The summed E-state index contributed by atoms with van der Waals surface area (Å²) in [5, 5.41) is 4.31. The third-order valence-electron chi connectivity index (χ3n) is 4.50. The molecule has 0 amide bonds. The lowest BCUT2D eigenvalue weighted by molar-refractivity contribution is -0.153. The summed E-state index contributed by atoms with van der Waals surface area (Å²) in [6.07, 6.45) is -2.01. The van der Waals surface area contributed by atoms with Crippen molar-refractivity contribution in [1.29, 1.82) is 0 Å². The number of halogens is 6. The molecule has 14 heteroatoms. The van der Waals surface area contributed by atoms with Crippen molar-refractivity contribution >= 4 is 50.2 Å². The predicted octanol–water partition coefficient (Wildman–Crippen LogP) is 5.37. The van der Waals surface area contributed by atoms with Crippen molar-refractivity contribution in [2.24, 2.45) is 0 Å². The Balaban J connectivity index is 1.96. The first-order chi connectivity index (χ1) is 15.1. The van der Waals surface area contributed by atoms with E-state index < -0.39 is 30.3 Å². The summed E-state index contributed by atoms with van der Waals surface area (Å²) in [6.45, 7) is -0.0507. The molecule has 4 rings (SSSR count). The standard InChI is InChI=1S/C18H12F5IN5O2P/c1-7-3-10(19)15-8(5-26-29(15)32-24)11(7)14-12(20)13-9(4-25-14)16(28-17(27-13)30-2)31-6-18(21,22)23/h3-5,32H,6H2,1-2H3. The maximum atomic E-state index is 15.6. The third-order valence-corrected chi connectivity index (χ3v) is 6.37. The number of nitrogens with zero attached hydrogens (tertiary/aromatic N) is 5. The lowest BCUT2D eigenvalue weighted by atomic mass is 9.99. The zero-order valence-electron chi connectivity index (χ0n) is 16.3. The topological polar surface area (TPSA) is 75.0 Å². The number of benzene rings is 1. The van der Waals surface area contributed by atoms with Gasteiger partial charge in [0.2, 0.25) is 5.88 Å². The largest absolute Gasteiger partial charge is 0.467 e. The number of rotatable bonds is 5. The number of aryl methyl sites for hydroxylation is 1. The lowest BCUT2D eigenvalue weighted by Crippen LogP contribution is -2.20. The van der Waals surface area contributed by atoms with Gasteiger partial charge in [0.25, 0.3) is 0 Å². The Morgan fingerprint density at radius 2 is 1.91 bits per heavy atom. The molecule has 0 aliphatic heterocycles. The number of fused-ring (bicyclic) bond motifs is 2. The quantitative estimate of drug-likeness (QED) is 0.179. The van der Waals surface area contributed by atoms with Gasteiger partial charge in [0.15, 0.2) is 12.4 Å². The van der Waals surface area contributed by atoms with Crippen LogP contribution in [0.25, 0.3) is 33.1 Å². The van der Waals surface area contributed by atoms with Gasteiger partial charge >= 0.3 is 12.2 Å². The molecule has 4 aromatic rings. The molecule has 3 heterocycles. The van der Waals surface area contributed by atoms with Crippen molar-refractivity contribution in [1.82, 2.24) is 24.5 Å². The maximum Gasteiger partial charge on any atom is 0.422 e. The van der Waals surface area contributed by atoms with Gasteiger partial charge in [-0.15, -0.1) is 0 Å². The van der Waals surface area contributed by atoms with Crippen molar-refractivity contribution in [3.8, 4) is 23.1 Å². The van der Waals surface area contributed by atoms with E-state index >= 15 is 4.39 Å². The molecule has 0 N–H and O–H groups in total. The van der Waals surface area contributed by atoms with E-state index in [9.17, 15) is 17.6 Å². The number of hydrogen-bond donors (Lipinski definition) is 0. The second-order valence-corrected chi connectivity index (χ2v) is 8.60. The van der Waals surface area contributed by atoms with Crippen LogP contribution in [0.1, 0.15) is 5.56 Å². The molecule has 1 unspecified atom stereocenters. The van der Waals surface area contributed by atoms with Gasteiger partial charge in [-0.2, -0.15) is 28.2 Å². The Morgan fingerprint density at radius 3 is 2.56 bits per heavy atom. The SMILES string of the molecule is COc1nc(OCC(F)(F)F)c2cnc(-c3c(C)cc(F)c4c3cnn4PI)c(F)c2n1. The summed E-state index contributed by atoms with van der Waals surface area (Å²) in [5.74, 6) is -1.99. The first kappa shape index (κ1) is 22.8. The Labute approximate surface area is 191 Å². The molecule has 1 aromatic carbocycles. The molecule has 0 saturated heterocycles. The number of aromatic nitrogens is 5. The molecule has 3 aromatic heterocycles. The van der Waals surface area contributed by atoms with E-state index in [1.807, 2.05) is 22.0 Å². The second kappa shape index (κ2) is 8.50. The minimum absolute atomic E-state index is 0.104. The first-order valence-electron chi connectivity index (χ1n) is 8.78.